The van der Waals surface area contributed by atoms with Crippen LogP contribution in [0.1, 0.15) is 16.7 Å². The molecule has 0 bridgehead atoms. The summed E-state index contributed by atoms with van der Waals surface area (Å²) in [6, 6.07) is 10.7. The molecule has 0 saturated carbocycles. The van der Waals surface area contributed by atoms with Crippen LogP contribution in [0.5, 0.6) is 0 Å². The van der Waals surface area contributed by atoms with Gasteiger partial charge < -0.3 is 0 Å². The van der Waals surface area contributed by atoms with Gasteiger partial charge in [-0.3, -0.25) is 4.98 Å². The molecule has 1 nitrogen and oxygen atoms in total. The molecule has 1 heterocycles. The van der Waals surface area contributed by atoms with Crippen LogP contribution in [-0.2, 0) is 6.42 Å². The first-order chi connectivity index (χ1) is 7.24. The van der Waals surface area contributed by atoms with E-state index in [4.69, 9.17) is 0 Å². The molecule has 0 unspecified atom stereocenters. The maximum atomic E-state index is 4.15. The third-order valence-electron chi connectivity index (χ3n) is 2.29. The molecule has 2 rings (SSSR count). The maximum absolute atomic E-state index is 4.15. The van der Waals surface area contributed by atoms with Crippen molar-refractivity contribution < 1.29 is 0 Å². The smallest absolute Gasteiger partial charge is 0.0410 e. The highest BCUT2D eigenvalue weighted by Crippen LogP contribution is 2.14. The minimum absolute atomic E-state index is 0.937. The van der Waals surface area contributed by atoms with Crippen LogP contribution in [0.15, 0.2) is 47.2 Å². The number of hydrogen-bond acceptors (Lipinski definition) is 1. The number of halogens is 1. The summed E-state index contributed by atoms with van der Waals surface area (Å²) in [5, 5.41) is 0. The summed E-state index contributed by atoms with van der Waals surface area (Å²) in [7, 11) is 0. The Labute approximate surface area is 98.3 Å². The molecule has 76 valence electrons. The van der Waals surface area contributed by atoms with Crippen molar-refractivity contribution in [2.45, 2.75) is 13.3 Å². The average molecular weight is 262 g/mol. The lowest BCUT2D eigenvalue weighted by molar-refractivity contribution is 1.13. The highest BCUT2D eigenvalue weighted by atomic mass is 79.9. The van der Waals surface area contributed by atoms with E-state index >= 15 is 0 Å². The summed E-state index contributed by atoms with van der Waals surface area (Å²) in [6.45, 7) is 2.10. The zero-order valence-electron chi connectivity index (χ0n) is 8.57. The Hall–Kier alpha value is -1.15. The van der Waals surface area contributed by atoms with E-state index in [2.05, 4.69) is 58.2 Å². The van der Waals surface area contributed by atoms with E-state index in [0.29, 0.717) is 0 Å². The van der Waals surface area contributed by atoms with Crippen molar-refractivity contribution in [3.8, 4) is 0 Å². The SMILES string of the molecule is Cc1ccc(Cc2cncc(Br)c2)cc1. The van der Waals surface area contributed by atoms with Gasteiger partial charge in [-0.05, 0) is 46.5 Å². The van der Waals surface area contributed by atoms with Crippen molar-refractivity contribution in [3.63, 3.8) is 0 Å². The van der Waals surface area contributed by atoms with Gasteiger partial charge in [-0.1, -0.05) is 29.8 Å². The summed E-state index contributed by atoms with van der Waals surface area (Å²) in [4.78, 5) is 4.15. The van der Waals surface area contributed by atoms with Crippen LogP contribution in [0, 0.1) is 6.92 Å². The topological polar surface area (TPSA) is 12.9 Å². The number of aryl methyl sites for hydroxylation is 1. The number of hydrogen-bond donors (Lipinski definition) is 0. The molecule has 0 fully saturated rings. The van der Waals surface area contributed by atoms with Crippen molar-refractivity contribution >= 4 is 15.9 Å². The Kier molecular flexibility index (Phi) is 3.17. The molecule has 2 heteroatoms. The molecular formula is C13H12BrN. The average Bonchev–Trinajstić information content (AvgIpc) is 2.22. The third-order valence-corrected chi connectivity index (χ3v) is 2.72. The Morgan fingerprint density at radius 1 is 1.07 bits per heavy atom. The molecule has 0 aliphatic heterocycles. The minimum atomic E-state index is 0.937. The van der Waals surface area contributed by atoms with Crippen LogP contribution in [0.2, 0.25) is 0 Å². The van der Waals surface area contributed by atoms with Crippen molar-refractivity contribution in [2.24, 2.45) is 0 Å². The van der Waals surface area contributed by atoms with Gasteiger partial charge in [-0.25, -0.2) is 0 Å². The standard InChI is InChI=1S/C13H12BrN/c1-10-2-4-11(5-3-10)6-12-7-13(14)9-15-8-12/h2-5,7-9H,6H2,1H3. The van der Waals surface area contributed by atoms with E-state index in [-0.39, 0.29) is 0 Å². The molecule has 1 aromatic carbocycles. The molecule has 0 saturated heterocycles. The van der Waals surface area contributed by atoms with Crippen molar-refractivity contribution in [1.82, 2.24) is 4.98 Å². The van der Waals surface area contributed by atoms with E-state index in [1.54, 1.807) is 6.20 Å². The van der Waals surface area contributed by atoms with E-state index in [1.165, 1.54) is 16.7 Å². The molecule has 1 aromatic heterocycles. The van der Waals surface area contributed by atoms with E-state index in [1.807, 2.05) is 6.20 Å². The first-order valence-electron chi connectivity index (χ1n) is 4.89. The fourth-order valence-electron chi connectivity index (χ4n) is 1.49. The molecule has 0 aliphatic rings. The monoisotopic (exact) mass is 261 g/mol. The first kappa shape index (κ1) is 10.4. The summed E-state index contributed by atoms with van der Waals surface area (Å²) in [6.07, 6.45) is 4.65. The Morgan fingerprint density at radius 2 is 1.80 bits per heavy atom. The molecule has 0 N–H and O–H groups in total. The third kappa shape index (κ3) is 2.90. The van der Waals surface area contributed by atoms with Crippen molar-refractivity contribution in [3.05, 3.63) is 63.9 Å². The van der Waals surface area contributed by atoms with Gasteiger partial charge >= 0.3 is 0 Å². The fraction of sp³-hybridized carbons (Fsp3) is 0.154. The summed E-state index contributed by atoms with van der Waals surface area (Å²) >= 11 is 3.42. The van der Waals surface area contributed by atoms with Crippen LogP contribution < -0.4 is 0 Å². The van der Waals surface area contributed by atoms with Gasteiger partial charge in [0.15, 0.2) is 0 Å². The van der Waals surface area contributed by atoms with Gasteiger partial charge in [0.05, 0.1) is 0 Å². The maximum Gasteiger partial charge on any atom is 0.0410 e. The normalized spacial score (nSPS) is 10.3. The first-order valence-corrected chi connectivity index (χ1v) is 5.68. The summed E-state index contributed by atoms with van der Waals surface area (Å²) < 4.78 is 1.03. The predicted octanol–water partition coefficient (Wildman–Crippen LogP) is 3.74. The second kappa shape index (κ2) is 4.58. The predicted molar refractivity (Wildman–Crippen MR) is 65.9 cm³/mol. The van der Waals surface area contributed by atoms with Crippen LogP contribution in [0.25, 0.3) is 0 Å². The quantitative estimate of drug-likeness (QED) is 0.803. The zero-order chi connectivity index (χ0) is 10.7. The molecule has 0 radical (unpaired) electrons. The molecule has 0 spiro atoms. The lowest BCUT2D eigenvalue weighted by Gasteiger charge is -2.02. The van der Waals surface area contributed by atoms with Crippen LogP contribution in [0.4, 0.5) is 0 Å². The highest BCUT2D eigenvalue weighted by molar-refractivity contribution is 9.10. The second-order valence-electron chi connectivity index (χ2n) is 3.67. The Balaban J connectivity index is 2.18. The molecule has 0 aliphatic carbocycles. The number of aromatic nitrogens is 1. The van der Waals surface area contributed by atoms with E-state index in [0.717, 1.165) is 10.9 Å². The van der Waals surface area contributed by atoms with Crippen LogP contribution in [-0.4, -0.2) is 4.98 Å². The highest BCUT2D eigenvalue weighted by Gasteiger charge is 1.97. The minimum Gasteiger partial charge on any atom is -0.263 e. The molecule has 0 atom stereocenters. The van der Waals surface area contributed by atoms with Crippen molar-refractivity contribution in [2.75, 3.05) is 0 Å². The molecule has 2 aromatic rings. The Bertz CT molecular complexity index is 448. The van der Waals surface area contributed by atoms with Gasteiger partial charge in [-0.2, -0.15) is 0 Å². The van der Waals surface area contributed by atoms with Crippen LogP contribution in [0.3, 0.4) is 0 Å². The number of nitrogens with zero attached hydrogens (tertiary/aromatic N) is 1. The van der Waals surface area contributed by atoms with Gasteiger partial charge in [0.25, 0.3) is 0 Å². The number of pyridine rings is 1. The zero-order valence-corrected chi connectivity index (χ0v) is 10.2. The number of benzene rings is 1. The van der Waals surface area contributed by atoms with Gasteiger partial charge in [0.2, 0.25) is 0 Å². The molecule has 15 heavy (non-hydrogen) atoms. The van der Waals surface area contributed by atoms with Gasteiger partial charge in [0.1, 0.15) is 0 Å². The lowest BCUT2D eigenvalue weighted by atomic mass is 10.1. The second-order valence-corrected chi connectivity index (χ2v) is 4.59. The summed E-state index contributed by atoms with van der Waals surface area (Å²) in [5.74, 6) is 0. The molecular weight excluding hydrogens is 250 g/mol. The summed E-state index contributed by atoms with van der Waals surface area (Å²) in [5.41, 5.74) is 3.85. The van der Waals surface area contributed by atoms with Gasteiger partial charge in [-0.15, -0.1) is 0 Å². The van der Waals surface area contributed by atoms with Crippen LogP contribution >= 0.6 is 15.9 Å². The van der Waals surface area contributed by atoms with Crippen molar-refractivity contribution in [1.29, 1.82) is 0 Å². The van der Waals surface area contributed by atoms with E-state index in [9.17, 15) is 0 Å². The fourth-order valence-corrected chi connectivity index (χ4v) is 1.91. The van der Waals surface area contributed by atoms with E-state index < -0.39 is 0 Å². The van der Waals surface area contributed by atoms with Gasteiger partial charge in [0, 0.05) is 16.9 Å². The lowest BCUT2D eigenvalue weighted by Crippen LogP contribution is -1.89. The number of rotatable bonds is 2. The molecule has 0 amide bonds. The largest absolute Gasteiger partial charge is 0.263 e. The Morgan fingerprint density at radius 3 is 2.47 bits per heavy atom.